The average Bonchev–Trinajstić information content (AvgIpc) is 2.37. The van der Waals surface area contributed by atoms with Gasteiger partial charge >= 0.3 is 5.97 Å². The summed E-state index contributed by atoms with van der Waals surface area (Å²) < 4.78 is 9.69. The molecule has 0 radical (unpaired) electrons. The van der Waals surface area contributed by atoms with Gasteiger partial charge in [-0.1, -0.05) is 6.92 Å². The molecule has 1 aromatic carbocycles. The normalized spacial score (nSPS) is 11.8. The molecule has 98 valence electrons. The molecule has 0 fully saturated rings. The highest BCUT2D eigenvalue weighted by Gasteiger charge is 2.19. The number of benzene rings is 1. The van der Waals surface area contributed by atoms with Crippen LogP contribution in [-0.2, 0) is 9.53 Å². The maximum absolute atomic E-state index is 12.1. The Morgan fingerprint density at radius 3 is 2.44 bits per heavy atom. The fourth-order valence-corrected chi connectivity index (χ4v) is 1.74. The van der Waals surface area contributed by atoms with Crippen LogP contribution in [0, 0.1) is 12.8 Å². The lowest BCUT2D eigenvalue weighted by atomic mass is 9.95. The van der Waals surface area contributed by atoms with Gasteiger partial charge in [0, 0.05) is 11.5 Å². The Bertz CT molecular complexity index is 451. The van der Waals surface area contributed by atoms with Crippen LogP contribution in [0.1, 0.15) is 29.3 Å². The van der Waals surface area contributed by atoms with Crippen LogP contribution in [0.2, 0.25) is 0 Å². The first-order valence-electron chi connectivity index (χ1n) is 5.75. The number of ketones is 1. The molecule has 0 amide bonds. The van der Waals surface area contributed by atoms with Gasteiger partial charge in [-0.2, -0.15) is 0 Å². The smallest absolute Gasteiger partial charge is 0.306 e. The van der Waals surface area contributed by atoms with Gasteiger partial charge in [0.1, 0.15) is 5.75 Å². The van der Waals surface area contributed by atoms with Gasteiger partial charge in [-0.05, 0) is 30.7 Å². The van der Waals surface area contributed by atoms with Gasteiger partial charge in [0.2, 0.25) is 0 Å². The first-order chi connectivity index (χ1) is 8.49. The number of ether oxygens (including phenoxy) is 2. The summed E-state index contributed by atoms with van der Waals surface area (Å²) in [6, 6.07) is 5.24. The van der Waals surface area contributed by atoms with Crippen LogP contribution in [0.5, 0.6) is 5.75 Å². The van der Waals surface area contributed by atoms with Crippen LogP contribution in [0.25, 0.3) is 0 Å². The summed E-state index contributed by atoms with van der Waals surface area (Å²) in [6.07, 6.45) is 0.0976. The summed E-state index contributed by atoms with van der Waals surface area (Å²) in [4.78, 5) is 23.2. The molecule has 0 N–H and O–H groups in total. The van der Waals surface area contributed by atoms with E-state index in [-0.39, 0.29) is 24.1 Å². The first kappa shape index (κ1) is 14.2. The van der Waals surface area contributed by atoms with Crippen molar-refractivity contribution < 1.29 is 19.1 Å². The molecular formula is C14H18O4. The van der Waals surface area contributed by atoms with Crippen molar-refractivity contribution in [3.63, 3.8) is 0 Å². The second-order valence-corrected chi connectivity index (χ2v) is 4.23. The van der Waals surface area contributed by atoms with Gasteiger partial charge in [0.25, 0.3) is 0 Å². The molecular weight excluding hydrogens is 232 g/mol. The van der Waals surface area contributed by atoms with E-state index in [2.05, 4.69) is 4.74 Å². The van der Waals surface area contributed by atoms with Crippen LogP contribution >= 0.6 is 0 Å². The van der Waals surface area contributed by atoms with Gasteiger partial charge in [-0.3, -0.25) is 9.59 Å². The predicted molar refractivity (Wildman–Crippen MR) is 67.9 cm³/mol. The molecule has 0 aromatic heterocycles. The zero-order chi connectivity index (χ0) is 13.7. The lowest BCUT2D eigenvalue weighted by Crippen LogP contribution is -2.16. The van der Waals surface area contributed by atoms with Crippen molar-refractivity contribution in [2.45, 2.75) is 20.3 Å². The molecule has 1 atom stereocenters. The molecule has 4 nitrogen and oxygen atoms in total. The number of rotatable bonds is 5. The van der Waals surface area contributed by atoms with Gasteiger partial charge in [-0.15, -0.1) is 0 Å². The summed E-state index contributed by atoms with van der Waals surface area (Å²) in [5.74, 6) is -0.0790. The van der Waals surface area contributed by atoms with Crippen molar-refractivity contribution in [2.75, 3.05) is 14.2 Å². The Morgan fingerprint density at radius 2 is 1.94 bits per heavy atom. The number of esters is 1. The topological polar surface area (TPSA) is 52.6 Å². The number of carbonyl (C=O) groups is 2. The van der Waals surface area contributed by atoms with E-state index in [1.807, 2.05) is 6.92 Å². The third kappa shape index (κ3) is 3.32. The van der Waals surface area contributed by atoms with Crippen molar-refractivity contribution in [3.8, 4) is 5.75 Å². The number of hydrogen-bond acceptors (Lipinski definition) is 4. The number of Topliss-reactive ketones (excluding diaryl/α,β-unsaturated/α-hetero) is 1. The third-order valence-corrected chi connectivity index (χ3v) is 2.83. The number of aryl methyl sites for hydroxylation is 1. The summed E-state index contributed by atoms with van der Waals surface area (Å²) >= 11 is 0. The molecule has 0 heterocycles. The van der Waals surface area contributed by atoms with Crippen molar-refractivity contribution in [3.05, 3.63) is 29.3 Å². The highest BCUT2D eigenvalue weighted by atomic mass is 16.5. The lowest BCUT2D eigenvalue weighted by Gasteiger charge is -2.11. The zero-order valence-corrected chi connectivity index (χ0v) is 11.1. The Labute approximate surface area is 107 Å². The Morgan fingerprint density at radius 1 is 1.28 bits per heavy atom. The van der Waals surface area contributed by atoms with Crippen LogP contribution < -0.4 is 4.74 Å². The fraction of sp³-hybridized carbons (Fsp3) is 0.429. The Balaban J connectivity index is 2.84. The molecule has 18 heavy (non-hydrogen) atoms. The highest BCUT2D eigenvalue weighted by Crippen LogP contribution is 2.21. The molecule has 0 saturated carbocycles. The van der Waals surface area contributed by atoms with E-state index >= 15 is 0 Å². The molecule has 1 rings (SSSR count). The molecule has 0 spiro atoms. The minimum Gasteiger partial charge on any atom is -0.496 e. The minimum absolute atomic E-state index is 0.0637. The summed E-state index contributed by atoms with van der Waals surface area (Å²) in [6.45, 7) is 3.60. The Hall–Kier alpha value is -1.84. The Kier molecular flexibility index (Phi) is 4.89. The largest absolute Gasteiger partial charge is 0.496 e. The van der Waals surface area contributed by atoms with Gasteiger partial charge < -0.3 is 9.47 Å². The summed E-state index contributed by atoms with van der Waals surface area (Å²) in [7, 11) is 2.90. The van der Waals surface area contributed by atoms with Crippen LogP contribution in [-0.4, -0.2) is 26.0 Å². The van der Waals surface area contributed by atoms with Crippen molar-refractivity contribution in [1.82, 2.24) is 0 Å². The number of methoxy groups -OCH3 is 2. The second kappa shape index (κ2) is 6.19. The standard InChI is InChI=1S/C14H18O4/c1-9-7-11(5-6-12(9)17-3)14(16)10(2)8-13(15)18-4/h5-7,10H,8H2,1-4H3. The zero-order valence-electron chi connectivity index (χ0n) is 11.1. The fourth-order valence-electron chi connectivity index (χ4n) is 1.74. The van der Waals surface area contributed by atoms with E-state index < -0.39 is 0 Å². The average molecular weight is 250 g/mol. The van der Waals surface area contributed by atoms with Gasteiger partial charge in [-0.25, -0.2) is 0 Å². The molecule has 1 aromatic rings. The van der Waals surface area contributed by atoms with E-state index in [0.717, 1.165) is 11.3 Å². The molecule has 0 aliphatic rings. The van der Waals surface area contributed by atoms with Crippen molar-refractivity contribution in [1.29, 1.82) is 0 Å². The minimum atomic E-state index is -0.384. The van der Waals surface area contributed by atoms with E-state index in [4.69, 9.17) is 4.74 Å². The quantitative estimate of drug-likeness (QED) is 0.594. The molecule has 0 aliphatic heterocycles. The molecule has 0 aliphatic carbocycles. The van der Waals surface area contributed by atoms with Gasteiger partial charge in [0.05, 0.1) is 20.6 Å². The SMILES string of the molecule is COC(=O)CC(C)C(=O)c1ccc(OC)c(C)c1. The highest BCUT2D eigenvalue weighted by molar-refractivity contribution is 5.99. The molecule has 0 bridgehead atoms. The molecule has 0 saturated heterocycles. The molecule has 4 heteroatoms. The lowest BCUT2D eigenvalue weighted by molar-refractivity contribution is -0.141. The summed E-state index contributed by atoms with van der Waals surface area (Å²) in [5.41, 5.74) is 1.48. The van der Waals surface area contributed by atoms with E-state index in [1.54, 1.807) is 32.2 Å². The van der Waals surface area contributed by atoms with E-state index in [0.29, 0.717) is 5.56 Å². The first-order valence-corrected chi connectivity index (χ1v) is 5.75. The van der Waals surface area contributed by atoms with Crippen LogP contribution in [0.3, 0.4) is 0 Å². The van der Waals surface area contributed by atoms with Crippen LogP contribution in [0.4, 0.5) is 0 Å². The summed E-state index contributed by atoms with van der Waals surface area (Å²) in [5, 5.41) is 0. The maximum atomic E-state index is 12.1. The van der Waals surface area contributed by atoms with Gasteiger partial charge in [0.15, 0.2) is 5.78 Å². The van der Waals surface area contributed by atoms with E-state index in [9.17, 15) is 9.59 Å². The van der Waals surface area contributed by atoms with E-state index in [1.165, 1.54) is 7.11 Å². The third-order valence-electron chi connectivity index (χ3n) is 2.83. The second-order valence-electron chi connectivity index (χ2n) is 4.23. The number of hydrogen-bond donors (Lipinski definition) is 0. The monoisotopic (exact) mass is 250 g/mol. The maximum Gasteiger partial charge on any atom is 0.306 e. The molecule has 1 unspecified atom stereocenters. The van der Waals surface area contributed by atoms with Crippen molar-refractivity contribution in [2.24, 2.45) is 5.92 Å². The van der Waals surface area contributed by atoms with Crippen LogP contribution in [0.15, 0.2) is 18.2 Å². The number of carbonyl (C=O) groups excluding carboxylic acids is 2. The predicted octanol–water partition coefficient (Wildman–Crippen LogP) is 2.39. The van der Waals surface area contributed by atoms with Crippen molar-refractivity contribution >= 4 is 11.8 Å².